The molecule has 4 heteroatoms. The molecule has 2 unspecified atom stereocenters. The summed E-state index contributed by atoms with van der Waals surface area (Å²) in [6.45, 7) is 8.99. The van der Waals surface area contributed by atoms with Crippen LogP contribution in [-0.4, -0.2) is 50.7 Å². The third-order valence-electron chi connectivity index (χ3n) is 3.91. The minimum Gasteiger partial charge on any atom is -0.466 e. The maximum atomic E-state index is 11.8. The predicted octanol–water partition coefficient (Wildman–Crippen LogP) is 2.29. The molecule has 1 fully saturated rings. The number of hydrogen-bond donors (Lipinski definition) is 1. The van der Waals surface area contributed by atoms with E-state index in [1.54, 1.807) is 0 Å². The first kappa shape index (κ1) is 17.4. The Hall–Kier alpha value is -0.610. The average molecular weight is 284 g/mol. The second kappa shape index (κ2) is 7.99. The lowest BCUT2D eigenvalue weighted by atomic mass is 9.84. The SMILES string of the molecule is CCOC(=O)C1CCCC(NCC(C)(C)CN(C)C)C1. The molecule has 4 nitrogen and oxygen atoms in total. The fourth-order valence-corrected chi connectivity index (χ4v) is 3.18. The van der Waals surface area contributed by atoms with E-state index in [1.807, 2.05) is 6.92 Å². The molecular formula is C16H32N2O2. The molecule has 0 spiro atoms. The topological polar surface area (TPSA) is 41.6 Å². The fraction of sp³-hybridized carbons (Fsp3) is 0.938. The molecule has 2 atom stereocenters. The van der Waals surface area contributed by atoms with Crippen molar-refractivity contribution in [3.63, 3.8) is 0 Å². The van der Waals surface area contributed by atoms with Gasteiger partial charge in [0.05, 0.1) is 12.5 Å². The molecule has 1 saturated carbocycles. The van der Waals surface area contributed by atoms with Gasteiger partial charge in [0.15, 0.2) is 0 Å². The summed E-state index contributed by atoms with van der Waals surface area (Å²) in [5.74, 6) is 0.0877. The highest BCUT2D eigenvalue weighted by Crippen LogP contribution is 2.26. The van der Waals surface area contributed by atoms with Crippen LogP contribution in [0.15, 0.2) is 0 Å². The second-order valence-corrected chi connectivity index (χ2v) is 7.10. The Bertz CT molecular complexity index is 303. The quantitative estimate of drug-likeness (QED) is 0.728. The summed E-state index contributed by atoms with van der Waals surface area (Å²) < 4.78 is 5.15. The van der Waals surface area contributed by atoms with Crippen LogP contribution in [0.2, 0.25) is 0 Å². The molecule has 0 aromatic rings. The molecule has 0 bridgehead atoms. The van der Waals surface area contributed by atoms with Crippen molar-refractivity contribution in [2.45, 2.75) is 52.5 Å². The Morgan fingerprint density at radius 1 is 1.35 bits per heavy atom. The maximum Gasteiger partial charge on any atom is 0.308 e. The van der Waals surface area contributed by atoms with Gasteiger partial charge in [0.1, 0.15) is 0 Å². The van der Waals surface area contributed by atoms with Crippen LogP contribution in [0.25, 0.3) is 0 Å². The van der Waals surface area contributed by atoms with Crippen LogP contribution in [-0.2, 0) is 9.53 Å². The van der Waals surface area contributed by atoms with Gasteiger partial charge in [0.2, 0.25) is 0 Å². The summed E-state index contributed by atoms with van der Waals surface area (Å²) in [4.78, 5) is 14.1. The van der Waals surface area contributed by atoms with Gasteiger partial charge in [0, 0.05) is 19.1 Å². The van der Waals surface area contributed by atoms with Gasteiger partial charge < -0.3 is 15.0 Å². The van der Waals surface area contributed by atoms with Crippen molar-refractivity contribution >= 4 is 5.97 Å². The Labute approximate surface area is 124 Å². The van der Waals surface area contributed by atoms with Gasteiger partial charge in [-0.3, -0.25) is 4.79 Å². The number of hydrogen-bond acceptors (Lipinski definition) is 4. The van der Waals surface area contributed by atoms with Gasteiger partial charge in [-0.05, 0) is 45.7 Å². The van der Waals surface area contributed by atoms with Crippen LogP contribution >= 0.6 is 0 Å². The largest absolute Gasteiger partial charge is 0.466 e. The van der Waals surface area contributed by atoms with Gasteiger partial charge >= 0.3 is 5.97 Å². The van der Waals surface area contributed by atoms with E-state index in [0.29, 0.717) is 12.6 Å². The van der Waals surface area contributed by atoms with E-state index in [9.17, 15) is 4.79 Å². The van der Waals surface area contributed by atoms with Gasteiger partial charge in [-0.2, -0.15) is 0 Å². The summed E-state index contributed by atoms with van der Waals surface area (Å²) in [6, 6.07) is 0.458. The molecule has 0 heterocycles. The third kappa shape index (κ3) is 6.23. The summed E-state index contributed by atoms with van der Waals surface area (Å²) in [5.41, 5.74) is 0.250. The van der Waals surface area contributed by atoms with Crippen molar-refractivity contribution in [3.8, 4) is 0 Å². The van der Waals surface area contributed by atoms with E-state index in [0.717, 1.165) is 32.4 Å². The first-order valence-electron chi connectivity index (χ1n) is 7.89. The number of carbonyl (C=O) groups is 1. The zero-order chi connectivity index (χ0) is 15.2. The second-order valence-electron chi connectivity index (χ2n) is 7.10. The van der Waals surface area contributed by atoms with Gasteiger partial charge in [-0.15, -0.1) is 0 Å². The fourth-order valence-electron chi connectivity index (χ4n) is 3.18. The van der Waals surface area contributed by atoms with Crippen molar-refractivity contribution in [1.29, 1.82) is 0 Å². The van der Waals surface area contributed by atoms with Crippen molar-refractivity contribution in [3.05, 3.63) is 0 Å². The normalized spacial score (nSPS) is 23.9. The first-order chi connectivity index (χ1) is 9.34. The van der Waals surface area contributed by atoms with E-state index < -0.39 is 0 Å². The highest BCUT2D eigenvalue weighted by atomic mass is 16.5. The Kier molecular flexibility index (Phi) is 6.96. The molecule has 20 heavy (non-hydrogen) atoms. The molecule has 0 aromatic carbocycles. The molecule has 1 N–H and O–H groups in total. The summed E-state index contributed by atoms with van der Waals surface area (Å²) >= 11 is 0. The first-order valence-corrected chi connectivity index (χ1v) is 7.89. The zero-order valence-corrected chi connectivity index (χ0v) is 13.9. The van der Waals surface area contributed by atoms with Crippen molar-refractivity contribution in [1.82, 2.24) is 10.2 Å². The smallest absolute Gasteiger partial charge is 0.308 e. The van der Waals surface area contributed by atoms with Crippen LogP contribution in [0.3, 0.4) is 0 Å². The Morgan fingerprint density at radius 2 is 2.05 bits per heavy atom. The van der Waals surface area contributed by atoms with Crippen LogP contribution in [0.1, 0.15) is 46.5 Å². The summed E-state index contributed by atoms with van der Waals surface area (Å²) in [5, 5.41) is 3.66. The molecule has 118 valence electrons. The number of esters is 1. The molecule has 1 aliphatic rings. The van der Waals surface area contributed by atoms with Crippen molar-refractivity contribution in [2.24, 2.45) is 11.3 Å². The molecule has 1 aliphatic carbocycles. The van der Waals surface area contributed by atoms with Crippen molar-refractivity contribution in [2.75, 3.05) is 33.8 Å². The lowest BCUT2D eigenvalue weighted by molar-refractivity contribution is -0.149. The molecule has 0 saturated heterocycles. The molecular weight excluding hydrogens is 252 g/mol. The standard InChI is InChI=1S/C16H32N2O2/c1-6-20-15(19)13-8-7-9-14(10-13)17-11-16(2,3)12-18(4)5/h13-14,17H,6-12H2,1-5H3. The van der Waals surface area contributed by atoms with Crippen LogP contribution < -0.4 is 5.32 Å². The summed E-state index contributed by atoms with van der Waals surface area (Å²) in [7, 11) is 4.22. The van der Waals surface area contributed by atoms with Gasteiger partial charge in [-0.25, -0.2) is 0 Å². The van der Waals surface area contributed by atoms with Gasteiger partial charge in [0.25, 0.3) is 0 Å². The molecule has 1 rings (SSSR count). The van der Waals surface area contributed by atoms with E-state index in [4.69, 9.17) is 4.74 Å². The number of rotatable bonds is 7. The number of ether oxygens (including phenoxy) is 1. The Balaban J connectivity index is 2.38. The maximum absolute atomic E-state index is 11.8. The summed E-state index contributed by atoms with van der Waals surface area (Å²) in [6.07, 6.45) is 4.21. The molecule has 0 aliphatic heterocycles. The monoisotopic (exact) mass is 284 g/mol. The van der Waals surface area contributed by atoms with Gasteiger partial charge in [-0.1, -0.05) is 20.3 Å². The minimum absolute atomic E-state index is 0.00782. The number of nitrogens with one attached hydrogen (secondary N) is 1. The van der Waals surface area contributed by atoms with Crippen LogP contribution in [0.5, 0.6) is 0 Å². The van der Waals surface area contributed by atoms with E-state index in [2.05, 4.69) is 38.2 Å². The third-order valence-corrected chi connectivity index (χ3v) is 3.91. The van der Waals surface area contributed by atoms with E-state index in [-0.39, 0.29) is 17.3 Å². The highest BCUT2D eigenvalue weighted by Gasteiger charge is 2.29. The lowest BCUT2D eigenvalue weighted by Gasteiger charge is -2.33. The predicted molar refractivity (Wildman–Crippen MR) is 82.7 cm³/mol. The number of carbonyl (C=O) groups excluding carboxylic acids is 1. The van der Waals surface area contributed by atoms with Crippen molar-refractivity contribution < 1.29 is 9.53 Å². The molecule has 0 radical (unpaired) electrons. The molecule has 0 aromatic heterocycles. The minimum atomic E-state index is -0.00782. The number of nitrogens with zero attached hydrogens (tertiary/aromatic N) is 1. The Morgan fingerprint density at radius 3 is 2.65 bits per heavy atom. The van der Waals surface area contributed by atoms with E-state index in [1.165, 1.54) is 6.42 Å². The van der Waals surface area contributed by atoms with Crippen LogP contribution in [0, 0.1) is 11.3 Å². The van der Waals surface area contributed by atoms with Crippen LogP contribution in [0.4, 0.5) is 0 Å². The lowest BCUT2D eigenvalue weighted by Crippen LogP contribution is -2.44. The molecule has 0 amide bonds. The highest BCUT2D eigenvalue weighted by molar-refractivity contribution is 5.72. The zero-order valence-electron chi connectivity index (χ0n) is 13.9. The van der Waals surface area contributed by atoms with E-state index >= 15 is 0 Å². The average Bonchev–Trinajstić information content (AvgIpc) is 2.36.